The van der Waals surface area contributed by atoms with Crippen molar-refractivity contribution in [2.45, 2.75) is 13.2 Å². The van der Waals surface area contributed by atoms with Crippen molar-refractivity contribution < 1.29 is 14.6 Å². The maximum absolute atomic E-state index is 11.7. The van der Waals surface area contributed by atoms with Crippen LogP contribution in [0.25, 0.3) is 10.1 Å². The number of hydrogen-bond acceptors (Lipinski definition) is 8. The van der Waals surface area contributed by atoms with Gasteiger partial charge in [-0.25, -0.2) is 0 Å². The number of aliphatic hydroxyl groups excluding tert-OH is 1. The van der Waals surface area contributed by atoms with E-state index in [1.807, 2.05) is 12.1 Å². The number of fused-ring (bicyclic) bond motifs is 1. The Kier molecular flexibility index (Phi) is 6.01. The molecule has 1 fully saturated rings. The third-order valence-electron chi connectivity index (χ3n) is 4.60. The zero-order valence-corrected chi connectivity index (χ0v) is 16.1. The molecule has 27 heavy (non-hydrogen) atoms. The lowest BCUT2D eigenvalue weighted by Crippen LogP contribution is -2.46. The predicted octanol–water partition coefficient (Wildman–Crippen LogP) is 2.19. The molecule has 4 rings (SSSR count). The molecule has 0 unspecified atom stereocenters. The Hall–Kier alpha value is -2.13. The van der Waals surface area contributed by atoms with Crippen molar-refractivity contribution in [3.63, 3.8) is 0 Å². The molecule has 1 aromatic carbocycles. The average molecular weight is 410 g/mol. The number of aromatic nitrogens is 1. The fourth-order valence-electron chi connectivity index (χ4n) is 3.19. The first-order chi connectivity index (χ1) is 12.7. The SMILES string of the molecule is Cl.O=c1cc(CO)oc(CN2CCN(c3nsc4ccccc34)CC2)c1O. The normalized spacial score (nSPS) is 15.1. The number of aliphatic hydroxyl groups is 1. The van der Waals surface area contributed by atoms with Crippen LogP contribution in [-0.4, -0.2) is 45.7 Å². The molecule has 2 N–H and O–H groups in total. The van der Waals surface area contributed by atoms with Crippen molar-refractivity contribution in [3.8, 4) is 5.75 Å². The first-order valence-corrected chi connectivity index (χ1v) is 9.20. The highest BCUT2D eigenvalue weighted by Crippen LogP contribution is 2.30. The molecule has 1 aliphatic rings. The molecular weight excluding hydrogens is 390 g/mol. The summed E-state index contributed by atoms with van der Waals surface area (Å²) >= 11 is 1.51. The van der Waals surface area contributed by atoms with Crippen LogP contribution in [0, 0.1) is 0 Å². The van der Waals surface area contributed by atoms with Crippen LogP contribution in [0.5, 0.6) is 5.75 Å². The number of halogens is 1. The predicted molar refractivity (Wildman–Crippen MR) is 107 cm³/mol. The number of nitrogens with zero attached hydrogens (tertiary/aromatic N) is 3. The van der Waals surface area contributed by atoms with E-state index in [1.54, 1.807) is 0 Å². The van der Waals surface area contributed by atoms with Crippen LogP contribution in [0.3, 0.4) is 0 Å². The van der Waals surface area contributed by atoms with Gasteiger partial charge in [-0.3, -0.25) is 9.69 Å². The molecule has 0 radical (unpaired) electrons. The number of aromatic hydroxyl groups is 1. The monoisotopic (exact) mass is 409 g/mol. The zero-order chi connectivity index (χ0) is 18.1. The summed E-state index contributed by atoms with van der Waals surface area (Å²) in [5.74, 6) is 1.00. The highest BCUT2D eigenvalue weighted by Gasteiger charge is 2.23. The van der Waals surface area contributed by atoms with Gasteiger partial charge in [0.1, 0.15) is 18.2 Å². The third kappa shape index (κ3) is 3.93. The molecule has 0 aliphatic carbocycles. The Balaban J connectivity index is 0.00000210. The second-order valence-corrected chi connectivity index (χ2v) is 7.08. The van der Waals surface area contributed by atoms with E-state index < -0.39 is 5.43 Å². The van der Waals surface area contributed by atoms with Gasteiger partial charge in [0.25, 0.3) is 0 Å². The average Bonchev–Trinajstić information content (AvgIpc) is 3.10. The van der Waals surface area contributed by atoms with Crippen LogP contribution >= 0.6 is 23.9 Å². The first-order valence-electron chi connectivity index (χ1n) is 8.43. The standard InChI is InChI=1S/C18H19N3O4S.ClH/c22-11-12-9-14(23)17(24)15(25-12)10-20-5-7-21(8-6-20)18-13-3-1-2-4-16(13)26-19-18;/h1-4,9,22,24H,5-8,10-11H2;1H. The number of benzene rings is 1. The maximum atomic E-state index is 11.7. The molecule has 1 aliphatic heterocycles. The molecule has 9 heteroatoms. The van der Waals surface area contributed by atoms with Crippen molar-refractivity contribution in [2.24, 2.45) is 0 Å². The smallest absolute Gasteiger partial charge is 0.227 e. The molecule has 3 heterocycles. The number of hydrogen-bond donors (Lipinski definition) is 2. The van der Waals surface area contributed by atoms with Gasteiger partial charge in [0, 0.05) is 37.6 Å². The molecule has 3 aromatic rings. The topological polar surface area (TPSA) is 90.0 Å². The fraction of sp³-hybridized carbons (Fsp3) is 0.333. The van der Waals surface area contributed by atoms with Gasteiger partial charge in [0.2, 0.25) is 11.2 Å². The Morgan fingerprint density at radius 3 is 2.67 bits per heavy atom. The molecule has 144 valence electrons. The van der Waals surface area contributed by atoms with E-state index in [4.69, 9.17) is 9.52 Å². The maximum Gasteiger partial charge on any atom is 0.227 e. The summed E-state index contributed by atoms with van der Waals surface area (Å²) in [6.07, 6.45) is 0. The zero-order valence-electron chi connectivity index (χ0n) is 14.5. The summed E-state index contributed by atoms with van der Waals surface area (Å²) in [4.78, 5) is 16.1. The van der Waals surface area contributed by atoms with E-state index in [1.165, 1.54) is 21.6 Å². The number of anilines is 1. The van der Waals surface area contributed by atoms with Crippen LogP contribution < -0.4 is 10.3 Å². The molecule has 1 saturated heterocycles. The van der Waals surface area contributed by atoms with Crippen molar-refractivity contribution >= 4 is 39.8 Å². The van der Waals surface area contributed by atoms with Gasteiger partial charge >= 0.3 is 0 Å². The Bertz CT molecular complexity index is 982. The second-order valence-electron chi connectivity index (χ2n) is 6.27. The lowest BCUT2D eigenvalue weighted by molar-refractivity contribution is 0.200. The Morgan fingerprint density at radius 1 is 1.19 bits per heavy atom. The van der Waals surface area contributed by atoms with Crippen molar-refractivity contribution in [2.75, 3.05) is 31.1 Å². The van der Waals surface area contributed by atoms with E-state index in [0.717, 1.165) is 38.1 Å². The lowest BCUT2D eigenvalue weighted by atomic mass is 10.2. The fourth-order valence-corrected chi connectivity index (χ4v) is 3.99. The summed E-state index contributed by atoms with van der Waals surface area (Å²) in [6.45, 7) is 3.10. The van der Waals surface area contributed by atoms with Crippen LogP contribution in [0.15, 0.2) is 39.5 Å². The van der Waals surface area contributed by atoms with Crippen molar-refractivity contribution in [3.05, 3.63) is 52.1 Å². The summed E-state index contributed by atoms with van der Waals surface area (Å²) < 4.78 is 11.2. The molecule has 0 bridgehead atoms. The van der Waals surface area contributed by atoms with Gasteiger partial charge in [-0.1, -0.05) is 12.1 Å². The van der Waals surface area contributed by atoms with E-state index in [9.17, 15) is 9.90 Å². The quantitative estimate of drug-likeness (QED) is 0.682. The number of piperazine rings is 1. The van der Waals surface area contributed by atoms with Gasteiger partial charge in [-0.05, 0) is 23.7 Å². The molecule has 0 amide bonds. The van der Waals surface area contributed by atoms with Crippen LogP contribution in [0.4, 0.5) is 5.82 Å². The van der Waals surface area contributed by atoms with Gasteiger partial charge < -0.3 is 19.5 Å². The Morgan fingerprint density at radius 2 is 1.93 bits per heavy atom. The molecule has 2 aromatic heterocycles. The molecule has 0 spiro atoms. The van der Waals surface area contributed by atoms with E-state index >= 15 is 0 Å². The second kappa shape index (κ2) is 8.26. The summed E-state index contributed by atoms with van der Waals surface area (Å²) in [7, 11) is 0. The largest absolute Gasteiger partial charge is 0.502 e. The van der Waals surface area contributed by atoms with Gasteiger partial charge in [-0.15, -0.1) is 12.4 Å². The van der Waals surface area contributed by atoms with E-state index in [0.29, 0.717) is 6.54 Å². The number of rotatable bonds is 4. The van der Waals surface area contributed by atoms with Crippen LogP contribution in [0.1, 0.15) is 11.5 Å². The first kappa shape index (κ1) is 19.6. The molecular formula is C18H20ClN3O4S. The van der Waals surface area contributed by atoms with E-state index in [-0.39, 0.29) is 36.3 Å². The minimum absolute atomic E-state index is 0. The highest BCUT2D eigenvalue weighted by molar-refractivity contribution is 7.13. The minimum Gasteiger partial charge on any atom is -0.502 e. The summed E-state index contributed by atoms with van der Waals surface area (Å²) in [5, 5.41) is 20.3. The van der Waals surface area contributed by atoms with E-state index in [2.05, 4.69) is 26.3 Å². The van der Waals surface area contributed by atoms with Crippen molar-refractivity contribution in [1.29, 1.82) is 0 Å². The molecule has 0 saturated carbocycles. The summed E-state index contributed by atoms with van der Waals surface area (Å²) in [5.41, 5.74) is -0.525. The van der Waals surface area contributed by atoms with Crippen LogP contribution in [0.2, 0.25) is 0 Å². The van der Waals surface area contributed by atoms with Gasteiger partial charge in [0.15, 0.2) is 5.76 Å². The summed E-state index contributed by atoms with van der Waals surface area (Å²) in [6, 6.07) is 9.32. The lowest BCUT2D eigenvalue weighted by Gasteiger charge is -2.34. The molecule has 7 nitrogen and oxygen atoms in total. The molecule has 0 atom stereocenters. The highest BCUT2D eigenvalue weighted by atomic mass is 35.5. The van der Waals surface area contributed by atoms with Gasteiger partial charge in [0.05, 0.1) is 11.2 Å². The van der Waals surface area contributed by atoms with Crippen molar-refractivity contribution in [1.82, 2.24) is 9.27 Å². The van der Waals surface area contributed by atoms with Crippen LogP contribution in [-0.2, 0) is 13.2 Å². The minimum atomic E-state index is -0.525. The Labute approximate surface area is 166 Å². The van der Waals surface area contributed by atoms with Gasteiger partial charge in [-0.2, -0.15) is 4.37 Å². The third-order valence-corrected chi connectivity index (χ3v) is 5.41.